The molecule has 1 aromatic heterocycles. The van der Waals surface area contributed by atoms with Crippen LogP contribution in [0.5, 0.6) is 0 Å². The summed E-state index contributed by atoms with van der Waals surface area (Å²) < 4.78 is 1.10. The molecule has 0 saturated heterocycles. The molecule has 19 heavy (non-hydrogen) atoms. The first-order valence-electron chi connectivity index (χ1n) is 6.51. The van der Waals surface area contributed by atoms with E-state index in [1.807, 2.05) is 7.05 Å². The predicted octanol–water partition coefficient (Wildman–Crippen LogP) is 3.62. The Balaban J connectivity index is 2.40. The molecule has 1 aromatic rings. The monoisotopic (exact) mass is 346 g/mol. The fourth-order valence-electron chi connectivity index (χ4n) is 1.94. The fraction of sp³-hybridized carbons (Fsp3) is 0.643. The van der Waals surface area contributed by atoms with Crippen molar-refractivity contribution in [2.24, 2.45) is 11.1 Å². The molecular formula is C14H23BrN2OS. The van der Waals surface area contributed by atoms with Crippen molar-refractivity contribution in [3.8, 4) is 0 Å². The zero-order valence-corrected chi connectivity index (χ0v) is 14.3. The van der Waals surface area contributed by atoms with Crippen LogP contribution >= 0.6 is 27.3 Å². The summed E-state index contributed by atoms with van der Waals surface area (Å²) in [7, 11) is 1.86. The van der Waals surface area contributed by atoms with Crippen molar-refractivity contribution in [2.75, 3.05) is 13.6 Å². The average molecular weight is 347 g/mol. The first-order valence-corrected chi connectivity index (χ1v) is 8.18. The second kappa shape index (κ2) is 7.41. The standard InChI is InChI=1S/C14H23BrN2OS/c1-14(2,6-7-16)5-4-13(18)17(3)9-11-8-12(15)19-10-11/h8,10H,4-7,9,16H2,1-3H3. The first-order chi connectivity index (χ1) is 8.84. The Bertz CT molecular complexity index is 417. The second-order valence-electron chi connectivity index (χ2n) is 5.71. The molecule has 5 heteroatoms. The number of rotatable bonds is 7. The maximum atomic E-state index is 12.1. The Morgan fingerprint density at radius 3 is 2.68 bits per heavy atom. The van der Waals surface area contributed by atoms with Gasteiger partial charge in [-0.15, -0.1) is 11.3 Å². The molecule has 0 aromatic carbocycles. The Morgan fingerprint density at radius 1 is 1.47 bits per heavy atom. The Morgan fingerprint density at radius 2 is 2.16 bits per heavy atom. The molecule has 1 heterocycles. The lowest BCUT2D eigenvalue weighted by Gasteiger charge is -2.25. The van der Waals surface area contributed by atoms with Gasteiger partial charge in [0.15, 0.2) is 0 Å². The number of hydrogen-bond acceptors (Lipinski definition) is 3. The van der Waals surface area contributed by atoms with Crippen molar-refractivity contribution < 1.29 is 4.79 Å². The van der Waals surface area contributed by atoms with Crippen molar-refractivity contribution in [2.45, 2.75) is 39.7 Å². The van der Waals surface area contributed by atoms with E-state index in [2.05, 4.69) is 41.2 Å². The fourth-order valence-corrected chi connectivity index (χ4v) is 3.14. The lowest BCUT2D eigenvalue weighted by Crippen LogP contribution is -2.27. The Labute approximate surface area is 128 Å². The van der Waals surface area contributed by atoms with Gasteiger partial charge in [-0.1, -0.05) is 13.8 Å². The molecule has 0 bridgehead atoms. The summed E-state index contributed by atoms with van der Waals surface area (Å²) in [6.45, 7) is 5.70. The van der Waals surface area contributed by atoms with E-state index in [1.165, 1.54) is 5.56 Å². The maximum absolute atomic E-state index is 12.1. The van der Waals surface area contributed by atoms with E-state index in [-0.39, 0.29) is 11.3 Å². The minimum Gasteiger partial charge on any atom is -0.341 e. The number of nitrogens with zero attached hydrogens (tertiary/aromatic N) is 1. The van der Waals surface area contributed by atoms with Gasteiger partial charge < -0.3 is 10.6 Å². The van der Waals surface area contributed by atoms with Gasteiger partial charge in [0, 0.05) is 20.0 Å². The summed E-state index contributed by atoms with van der Waals surface area (Å²) in [5.41, 5.74) is 6.91. The van der Waals surface area contributed by atoms with Crippen LogP contribution in [0.15, 0.2) is 15.2 Å². The van der Waals surface area contributed by atoms with E-state index >= 15 is 0 Å². The van der Waals surface area contributed by atoms with Crippen LogP contribution in [0, 0.1) is 5.41 Å². The lowest BCUT2D eigenvalue weighted by molar-refractivity contribution is -0.131. The third kappa shape index (κ3) is 6.06. The van der Waals surface area contributed by atoms with Crippen molar-refractivity contribution in [1.29, 1.82) is 0 Å². The zero-order valence-electron chi connectivity index (χ0n) is 11.9. The molecule has 0 aliphatic heterocycles. The van der Waals surface area contributed by atoms with Crippen LogP contribution in [0.25, 0.3) is 0 Å². The summed E-state index contributed by atoms with van der Waals surface area (Å²) in [6.07, 6.45) is 2.44. The van der Waals surface area contributed by atoms with Crippen molar-refractivity contribution in [3.05, 3.63) is 20.8 Å². The van der Waals surface area contributed by atoms with Gasteiger partial charge in [-0.2, -0.15) is 0 Å². The van der Waals surface area contributed by atoms with Gasteiger partial charge >= 0.3 is 0 Å². The van der Waals surface area contributed by atoms with Crippen LogP contribution in [-0.2, 0) is 11.3 Å². The topological polar surface area (TPSA) is 46.3 Å². The summed E-state index contributed by atoms with van der Waals surface area (Å²) in [6, 6.07) is 2.06. The highest BCUT2D eigenvalue weighted by Gasteiger charge is 2.19. The molecule has 2 N–H and O–H groups in total. The molecule has 0 saturated carbocycles. The van der Waals surface area contributed by atoms with Crippen LogP contribution in [0.3, 0.4) is 0 Å². The summed E-state index contributed by atoms with van der Waals surface area (Å²) in [5, 5.41) is 2.08. The highest BCUT2D eigenvalue weighted by Crippen LogP contribution is 2.26. The van der Waals surface area contributed by atoms with Crippen LogP contribution in [0.1, 0.15) is 38.7 Å². The molecule has 0 spiro atoms. The normalized spacial score (nSPS) is 11.6. The Hall–Kier alpha value is -0.390. The van der Waals surface area contributed by atoms with Gasteiger partial charge in [-0.3, -0.25) is 4.79 Å². The molecule has 0 radical (unpaired) electrons. The van der Waals surface area contributed by atoms with E-state index in [0.29, 0.717) is 19.5 Å². The van der Waals surface area contributed by atoms with Crippen LogP contribution < -0.4 is 5.73 Å². The van der Waals surface area contributed by atoms with Gasteiger partial charge in [0.05, 0.1) is 3.79 Å². The molecule has 0 fully saturated rings. The van der Waals surface area contributed by atoms with Gasteiger partial charge in [-0.05, 0) is 57.7 Å². The lowest BCUT2D eigenvalue weighted by atomic mass is 9.84. The van der Waals surface area contributed by atoms with Crippen molar-refractivity contribution in [3.63, 3.8) is 0 Å². The zero-order chi connectivity index (χ0) is 14.5. The summed E-state index contributed by atoms with van der Waals surface area (Å²) in [5.74, 6) is 0.201. The molecule has 1 amide bonds. The maximum Gasteiger partial charge on any atom is 0.222 e. The summed E-state index contributed by atoms with van der Waals surface area (Å²) in [4.78, 5) is 13.9. The van der Waals surface area contributed by atoms with E-state index in [9.17, 15) is 4.79 Å². The number of halogens is 1. The van der Waals surface area contributed by atoms with Gasteiger partial charge in [0.2, 0.25) is 5.91 Å². The van der Waals surface area contributed by atoms with E-state index in [1.54, 1.807) is 16.2 Å². The third-order valence-electron chi connectivity index (χ3n) is 3.30. The molecule has 108 valence electrons. The van der Waals surface area contributed by atoms with Gasteiger partial charge in [0.25, 0.3) is 0 Å². The second-order valence-corrected chi connectivity index (χ2v) is 8.00. The van der Waals surface area contributed by atoms with Crippen molar-refractivity contribution >= 4 is 33.2 Å². The first kappa shape index (κ1) is 16.7. The molecule has 0 aliphatic carbocycles. The van der Waals surface area contributed by atoms with Gasteiger partial charge in [0.1, 0.15) is 0 Å². The average Bonchev–Trinajstić information content (AvgIpc) is 2.71. The highest BCUT2D eigenvalue weighted by atomic mass is 79.9. The van der Waals surface area contributed by atoms with Crippen molar-refractivity contribution in [1.82, 2.24) is 4.90 Å². The smallest absolute Gasteiger partial charge is 0.222 e. The number of nitrogens with two attached hydrogens (primary N) is 1. The molecule has 0 unspecified atom stereocenters. The molecule has 0 atom stereocenters. The number of hydrogen-bond donors (Lipinski definition) is 1. The van der Waals surface area contributed by atoms with E-state index < -0.39 is 0 Å². The molecular weight excluding hydrogens is 324 g/mol. The largest absolute Gasteiger partial charge is 0.341 e. The number of carbonyl (C=O) groups excluding carboxylic acids is 1. The van der Waals surface area contributed by atoms with E-state index in [4.69, 9.17) is 5.73 Å². The minimum absolute atomic E-state index is 0.149. The number of thiophene rings is 1. The van der Waals surface area contributed by atoms with E-state index in [0.717, 1.165) is 16.6 Å². The quantitative estimate of drug-likeness (QED) is 0.819. The molecule has 1 rings (SSSR count). The Kier molecular flexibility index (Phi) is 6.50. The SMILES string of the molecule is CN(Cc1csc(Br)c1)C(=O)CCC(C)(C)CCN. The number of amides is 1. The highest BCUT2D eigenvalue weighted by molar-refractivity contribution is 9.11. The molecule has 0 aliphatic rings. The van der Waals surface area contributed by atoms with Gasteiger partial charge in [-0.25, -0.2) is 0 Å². The van der Waals surface area contributed by atoms with Crippen LogP contribution in [0.2, 0.25) is 0 Å². The van der Waals surface area contributed by atoms with Crippen LogP contribution in [0.4, 0.5) is 0 Å². The number of carbonyl (C=O) groups is 1. The molecule has 3 nitrogen and oxygen atoms in total. The third-order valence-corrected chi connectivity index (χ3v) is 4.86. The predicted molar refractivity (Wildman–Crippen MR) is 85.2 cm³/mol. The summed E-state index contributed by atoms with van der Waals surface area (Å²) >= 11 is 5.08. The minimum atomic E-state index is 0.149. The van der Waals surface area contributed by atoms with Crippen LogP contribution in [-0.4, -0.2) is 24.4 Å².